The van der Waals surface area contributed by atoms with Crippen LogP contribution in [-0.2, 0) is 15.0 Å². The number of anilines is 2. The van der Waals surface area contributed by atoms with Crippen LogP contribution in [0.2, 0.25) is 0 Å². The van der Waals surface area contributed by atoms with Crippen molar-refractivity contribution in [3.05, 3.63) is 95.8 Å². The third kappa shape index (κ3) is 2.51. The van der Waals surface area contributed by atoms with Gasteiger partial charge in [0.25, 0.3) is 0 Å². The lowest BCUT2D eigenvalue weighted by Crippen LogP contribution is -2.51. The monoisotopic (exact) mass is 449 g/mol. The van der Waals surface area contributed by atoms with E-state index < -0.39 is 23.4 Å². The van der Waals surface area contributed by atoms with E-state index in [-0.39, 0.29) is 17.5 Å². The molecule has 168 valence electrons. The van der Waals surface area contributed by atoms with Crippen molar-refractivity contribution >= 4 is 34.4 Å². The molecule has 6 nitrogen and oxygen atoms in total. The minimum Gasteiger partial charge on any atom is -0.352 e. The van der Waals surface area contributed by atoms with Crippen LogP contribution in [0.25, 0.3) is 5.57 Å². The third-order valence-electron chi connectivity index (χ3n) is 7.55. The number of pyridine rings is 1. The Bertz CT molecular complexity index is 1400. The number of fused-ring (bicyclic) bond motifs is 6. The Hall–Kier alpha value is -4.06. The minimum atomic E-state index is -1.25. The molecule has 1 aromatic heterocycles. The average Bonchev–Trinajstić information content (AvgIpc) is 3.32. The van der Waals surface area contributed by atoms with Crippen molar-refractivity contribution in [1.29, 1.82) is 0 Å². The molecule has 3 aromatic rings. The zero-order valence-corrected chi connectivity index (χ0v) is 18.9. The molecule has 2 aromatic carbocycles. The SMILES string of the molecule is CC(=O)[C@@H]1[C@H](C(=O)c2ccncc2)[C@@]2(C(=O)Nc3ccccc32)[C@@H]2C=C(C)c3ccccc3N12. The molecule has 3 aliphatic heterocycles. The number of hydrogen-bond acceptors (Lipinski definition) is 5. The molecule has 1 amide bonds. The maximum atomic E-state index is 14.2. The number of Topliss-reactive ketones (excluding diaryl/α,β-unsaturated/α-hetero) is 2. The van der Waals surface area contributed by atoms with Crippen molar-refractivity contribution in [2.75, 3.05) is 10.2 Å². The molecule has 3 aliphatic rings. The van der Waals surface area contributed by atoms with Gasteiger partial charge < -0.3 is 10.2 Å². The summed E-state index contributed by atoms with van der Waals surface area (Å²) in [5.74, 6) is -1.53. The van der Waals surface area contributed by atoms with Crippen molar-refractivity contribution in [2.45, 2.75) is 31.3 Å². The first-order valence-electron chi connectivity index (χ1n) is 11.4. The highest BCUT2D eigenvalue weighted by molar-refractivity contribution is 6.16. The van der Waals surface area contributed by atoms with Crippen molar-refractivity contribution in [3.63, 3.8) is 0 Å². The Morgan fingerprint density at radius 2 is 1.71 bits per heavy atom. The van der Waals surface area contributed by atoms with Gasteiger partial charge in [-0.15, -0.1) is 0 Å². The van der Waals surface area contributed by atoms with E-state index in [0.29, 0.717) is 11.3 Å². The van der Waals surface area contributed by atoms with Gasteiger partial charge in [-0.05, 0) is 49.2 Å². The number of nitrogens with one attached hydrogen (secondary N) is 1. The van der Waals surface area contributed by atoms with Gasteiger partial charge in [-0.2, -0.15) is 0 Å². The number of aromatic nitrogens is 1. The maximum absolute atomic E-state index is 14.2. The molecule has 0 saturated carbocycles. The normalized spacial score (nSPS) is 26.4. The minimum absolute atomic E-state index is 0.144. The van der Waals surface area contributed by atoms with E-state index in [1.807, 2.05) is 60.4 Å². The predicted molar refractivity (Wildman–Crippen MR) is 130 cm³/mol. The van der Waals surface area contributed by atoms with Crippen LogP contribution in [-0.4, -0.2) is 34.5 Å². The van der Waals surface area contributed by atoms with Gasteiger partial charge in [0.1, 0.15) is 5.41 Å². The summed E-state index contributed by atoms with van der Waals surface area (Å²) in [6.45, 7) is 3.53. The van der Waals surface area contributed by atoms with Gasteiger partial charge in [0.2, 0.25) is 5.91 Å². The summed E-state index contributed by atoms with van der Waals surface area (Å²) in [5.41, 5.74) is 3.54. The van der Waals surface area contributed by atoms with Crippen LogP contribution in [0.4, 0.5) is 11.4 Å². The van der Waals surface area contributed by atoms with E-state index >= 15 is 0 Å². The maximum Gasteiger partial charge on any atom is 0.238 e. The summed E-state index contributed by atoms with van der Waals surface area (Å²) >= 11 is 0. The second kappa shape index (κ2) is 7.22. The number of rotatable bonds is 3. The molecule has 4 heterocycles. The lowest BCUT2D eigenvalue weighted by atomic mass is 9.64. The van der Waals surface area contributed by atoms with Crippen LogP contribution in [0, 0.1) is 5.92 Å². The number of ketones is 2. The molecular formula is C28H23N3O3. The molecule has 1 N–H and O–H groups in total. The Labute approximate surface area is 197 Å². The highest BCUT2D eigenvalue weighted by Gasteiger charge is 2.70. The number of carbonyl (C=O) groups excluding carboxylic acids is 3. The molecule has 0 radical (unpaired) electrons. The van der Waals surface area contributed by atoms with E-state index in [0.717, 1.165) is 22.4 Å². The number of allylic oxidation sites excluding steroid dienone is 1. The Morgan fingerprint density at radius 1 is 1.00 bits per heavy atom. The van der Waals surface area contributed by atoms with E-state index in [9.17, 15) is 14.4 Å². The van der Waals surface area contributed by atoms with Crippen molar-refractivity contribution in [3.8, 4) is 0 Å². The van der Waals surface area contributed by atoms with Gasteiger partial charge >= 0.3 is 0 Å². The van der Waals surface area contributed by atoms with Gasteiger partial charge in [-0.1, -0.05) is 42.5 Å². The fourth-order valence-corrected chi connectivity index (χ4v) is 6.24. The molecule has 0 unspecified atom stereocenters. The average molecular weight is 450 g/mol. The first-order chi connectivity index (χ1) is 16.5. The topological polar surface area (TPSA) is 79.4 Å². The summed E-state index contributed by atoms with van der Waals surface area (Å²) < 4.78 is 0. The molecule has 1 saturated heterocycles. The standard InChI is InChI=1S/C28H23N3O3/c1-16-15-23-28(20-8-4-5-9-21(20)30-27(28)34)24(26(33)18-11-13-29-14-12-18)25(17(2)32)31(23)22-10-6-3-7-19(16)22/h3-15,23-25H,1-2H3,(H,30,34)/t23-,24+,25+,28-/m0/s1. The van der Waals surface area contributed by atoms with Crippen LogP contribution in [0.3, 0.4) is 0 Å². The van der Waals surface area contributed by atoms with Gasteiger partial charge in [-0.25, -0.2) is 0 Å². The zero-order chi connectivity index (χ0) is 23.6. The van der Waals surface area contributed by atoms with E-state index in [4.69, 9.17) is 0 Å². The molecule has 34 heavy (non-hydrogen) atoms. The molecule has 1 fully saturated rings. The zero-order valence-electron chi connectivity index (χ0n) is 18.9. The Morgan fingerprint density at radius 3 is 2.47 bits per heavy atom. The van der Waals surface area contributed by atoms with E-state index in [2.05, 4.69) is 16.4 Å². The van der Waals surface area contributed by atoms with Crippen LogP contribution in [0.15, 0.2) is 79.1 Å². The summed E-state index contributed by atoms with van der Waals surface area (Å²) in [6.07, 6.45) is 5.18. The predicted octanol–water partition coefficient (Wildman–Crippen LogP) is 4.03. The number of para-hydroxylation sites is 2. The van der Waals surface area contributed by atoms with Crippen molar-refractivity contribution in [1.82, 2.24) is 4.98 Å². The van der Waals surface area contributed by atoms with Crippen LogP contribution >= 0.6 is 0 Å². The lowest BCUT2D eigenvalue weighted by molar-refractivity contribution is -0.122. The van der Waals surface area contributed by atoms with E-state index in [1.54, 1.807) is 24.5 Å². The van der Waals surface area contributed by atoms with Gasteiger partial charge in [0.15, 0.2) is 11.6 Å². The lowest BCUT2D eigenvalue weighted by Gasteiger charge is -2.39. The molecule has 0 bridgehead atoms. The molecule has 1 spiro atoms. The van der Waals surface area contributed by atoms with Gasteiger partial charge in [0.05, 0.1) is 18.0 Å². The second-order valence-corrected chi connectivity index (χ2v) is 9.22. The fourth-order valence-electron chi connectivity index (χ4n) is 6.24. The van der Waals surface area contributed by atoms with Crippen molar-refractivity contribution in [2.24, 2.45) is 5.92 Å². The number of hydrogen-bond donors (Lipinski definition) is 1. The largest absolute Gasteiger partial charge is 0.352 e. The fraction of sp³-hybridized carbons (Fsp3) is 0.214. The van der Waals surface area contributed by atoms with E-state index in [1.165, 1.54) is 6.92 Å². The highest BCUT2D eigenvalue weighted by atomic mass is 16.2. The molecule has 0 aliphatic carbocycles. The molecular weight excluding hydrogens is 426 g/mol. The van der Waals surface area contributed by atoms with Crippen LogP contribution < -0.4 is 10.2 Å². The quantitative estimate of drug-likeness (QED) is 0.611. The number of carbonyl (C=O) groups is 3. The van der Waals surface area contributed by atoms with Crippen LogP contribution in [0.1, 0.15) is 35.3 Å². The van der Waals surface area contributed by atoms with Gasteiger partial charge in [0, 0.05) is 34.9 Å². The Balaban J connectivity index is 1.69. The number of nitrogens with zero attached hydrogens (tertiary/aromatic N) is 2. The molecule has 6 rings (SSSR count). The molecule has 4 atom stereocenters. The second-order valence-electron chi connectivity index (χ2n) is 9.22. The third-order valence-corrected chi connectivity index (χ3v) is 7.55. The summed E-state index contributed by atoms with van der Waals surface area (Å²) in [5, 5.41) is 3.03. The van der Waals surface area contributed by atoms with Crippen molar-refractivity contribution < 1.29 is 14.4 Å². The summed E-state index contributed by atoms with van der Waals surface area (Å²) in [4.78, 5) is 47.6. The first-order valence-corrected chi connectivity index (χ1v) is 11.4. The smallest absolute Gasteiger partial charge is 0.238 e. The number of amides is 1. The van der Waals surface area contributed by atoms with Gasteiger partial charge in [-0.3, -0.25) is 19.4 Å². The first kappa shape index (κ1) is 20.5. The Kier molecular flexibility index (Phi) is 4.36. The number of benzene rings is 2. The van der Waals surface area contributed by atoms with Crippen LogP contribution in [0.5, 0.6) is 0 Å². The molecule has 6 heteroatoms. The summed E-state index contributed by atoms with van der Waals surface area (Å²) in [7, 11) is 0. The summed E-state index contributed by atoms with van der Waals surface area (Å²) in [6, 6.07) is 17.4. The highest BCUT2D eigenvalue weighted by Crippen LogP contribution is 2.58.